The molecular weight excluding hydrogens is 600 g/mol. The van der Waals surface area contributed by atoms with Gasteiger partial charge in [0.25, 0.3) is 0 Å². The fraction of sp³-hybridized carbons (Fsp3) is 0.667. The lowest BCUT2D eigenvalue weighted by Crippen LogP contribution is -2.58. The summed E-state index contributed by atoms with van der Waals surface area (Å²) >= 11 is 6.55. The fourth-order valence-corrected chi connectivity index (χ4v) is 5.01. The lowest BCUT2D eigenvalue weighted by molar-refractivity contribution is -0.252. The number of ether oxygens (including phenoxy) is 5. The van der Waals surface area contributed by atoms with Crippen LogP contribution >= 0.6 is 11.6 Å². The van der Waals surface area contributed by atoms with Gasteiger partial charge in [-0.15, -0.1) is 11.6 Å². The molecule has 1 aromatic rings. The van der Waals surface area contributed by atoms with Crippen LogP contribution in [0.25, 0.3) is 0 Å². The first-order chi connectivity index (χ1) is 20.9. The highest BCUT2D eigenvalue weighted by Crippen LogP contribution is 2.36. The van der Waals surface area contributed by atoms with Crippen molar-refractivity contribution >= 4 is 35.5 Å². The molecule has 2 unspecified atom stereocenters. The number of nitrogens with one attached hydrogen (secondary N) is 1. The standard InChI is InChI=1S/C30H45ClN2O11/c1-5-8-24(36)40-15-19-16-42-28(20(17-41-25(37)9-6-2)27(19)43-26(38)10-7-3)44-29(39)30(4,33-32)14-21(31)18-11-12-22(34)23(35)13-18/h11-13,19-21,27-28,33-35H,5-10,14-17,32H2,1-4H3/t19-,20-,21?,27+,28?,30+/m1/s1. The molecule has 5 N–H and O–H groups in total. The van der Waals surface area contributed by atoms with Gasteiger partial charge in [-0.2, -0.15) is 0 Å². The lowest BCUT2D eigenvalue weighted by atomic mass is 9.88. The van der Waals surface area contributed by atoms with E-state index in [1.807, 2.05) is 20.8 Å². The highest BCUT2D eigenvalue weighted by atomic mass is 35.5. The first kappa shape index (κ1) is 37.1. The molecule has 1 fully saturated rings. The molecule has 1 heterocycles. The van der Waals surface area contributed by atoms with Gasteiger partial charge in [-0.25, -0.2) is 10.2 Å². The summed E-state index contributed by atoms with van der Waals surface area (Å²) in [6.45, 7) is 6.39. The number of phenolic OH excluding ortho intramolecular Hbond substituents is 2. The van der Waals surface area contributed by atoms with E-state index in [0.717, 1.165) is 0 Å². The number of halogens is 1. The number of rotatable bonds is 17. The largest absolute Gasteiger partial charge is 0.504 e. The second-order valence-corrected chi connectivity index (χ2v) is 11.5. The van der Waals surface area contributed by atoms with Crippen molar-refractivity contribution in [3.63, 3.8) is 0 Å². The molecular formula is C30H45ClN2O11. The highest BCUT2D eigenvalue weighted by molar-refractivity contribution is 6.21. The normalized spacial score (nSPS) is 21.9. The molecule has 1 saturated heterocycles. The Morgan fingerprint density at radius 3 is 2.14 bits per heavy atom. The van der Waals surface area contributed by atoms with Gasteiger partial charge >= 0.3 is 23.9 Å². The van der Waals surface area contributed by atoms with Crippen LogP contribution in [0.5, 0.6) is 11.5 Å². The molecule has 14 heteroatoms. The summed E-state index contributed by atoms with van der Waals surface area (Å²) in [5.74, 6) is 1.16. The van der Waals surface area contributed by atoms with Crippen LogP contribution in [0.15, 0.2) is 18.2 Å². The summed E-state index contributed by atoms with van der Waals surface area (Å²) in [6, 6.07) is 4.02. The van der Waals surface area contributed by atoms with Crippen LogP contribution in [-0.4, -0.2) is 71.8 Å². The topological polar surface area (TPSA) is 193 Å². The molecule has 0 aliphatic carbocycles. The number of esters is 4. The van der Waals surface area contributed by atoms with Crippen LogP contribution in [0.4, 0.5) is 0 Å². The molecule has 1 aliphatic heterocycles. The van der Waals surface area contributed by atoms with Crippen LogP contribution in [0.2, 0.25) is 0 Å². The van der Waals surface area contributed by atoms with Crippen molar-refractivity contribution in [3.8, 4) is 11.5 Å². The number of hydrazine groups is 1. The number of phenols is 2. The van der Waals surface area contributed by atoms with Crippen molar-refractivity contribution in [2.75, 3.05) is 19.8 Å². The molecule has 0 saturated carbocycles. The summed E-state index contributed by atoms with van der Waals surface area (Å²) < 4.78 is 28.3. The molecule has 248 valence electrons. The third-order valence-electron chi connectivity index (χ3n) is 7.18. The molecule has 0 spiro atoms. The first-order valence-electron chi connectivity index (χ1n) is 14.9. The molecule has 1 aliphatic rings. The van der Waals surface area contributed by atoms with Crippen LogP contribution < -0.4 is 11.3 Å². The van der Waals surface area contributed by atoms with Crippen molar-refractivity contribution in [2.24, 2.45) is 17.7 Å². The van der Waals surface area contributed by atoms with E-state index in [9.17, 15) is 29.4 Å². The van der Waals surface area contributed by atoms with Crippen LogP contribution in [-0.2, 0) is 42.9 Å². The van der Waals surface area contributed by atoms with Gasteiger partial charge in [0.1, 0.15) is 18.2 Å². The van der Waals surface area contributed by atoms with E-state index in [1.54, 1.807) is 0 Å². The van der Waals surface area contributed by atoms with Gasteiger partial charge in [0.05, 0.1) is 30.4 Å². The Hall–Kier alpha value is -3.13. The first-order valence-corrected chi connectivity index (χ1v) is 15.3. The Morgan fingerprint density at radius 1 is 0.977 bits per heavy atom. The predicted octanol–water partition coefficient (Wildman–Crippen LogP) is 3.52. The third-order valence-corrected chi connectivity index (χ3v) is 7.58. The number of hydrogen-bond acceptors (Lipinski definition) is 13. The van der Waals surface area contributed by atoms with E-state index < -0.39 is 59.0 Å². The number of alkyl halides is 1. The molecule has 13 nitrogen and oxygen atoms in total. The maximum Gasteiger partial charge on any atom is 0.329 e. The van der Waals surface area contributed by atoms with Crippen molar-refractivity contribution in [3.05, 3.63) is 23.8 Å². The summed E-state index contributed by atoms with van der Waals surface area (Å²) in [4.78, 5) is 50.6. The number of carbonyl (C=O) groups excluding carboxylic acids is 4. The number of nitrogens with two attached hydrogens (primary N) is 1. The maximum absolute atomic E-state index is 13.6. The van der Waals surface area contributed by atoms with E-state index in [2.05, 4.69) is 5.43 Å². The van der Waals surface area contributed by atoms with Crippen molar-refractivity contribution in [1.82, 2.24) is 5.43 Å². The summed E-state index contributed by atoms with van der Waals surface area (Å²) in [7, 11) is 0. The average Bonchev–Trinajstić information content (AvgIpc) is 2.97. The second kappa shape index (κ2) is 18.0. The zero-order valence-electron chi connectivity index (χ0n) is 25.7. The number of hydrogen-bond donors (Lipinski definition) is 4. The lowest BCUT2D eigenvalue weighted by Gasteiger charge is -2.42. The molecule has 0 aromatic heterocycles. The van der Waals surface area contributed by atoms with E-state index in [1.165, 1.54) is 25.1 Å². The van der Waals surface area contributed by atoms with Crippen LogP contribution in [0.3, 0.4) is 0 Å². The Bertz CT molecular complexity index is 1120. The van der Waals surface area contributed by atoms with Gasteiger partial charge in [0.2, 0.25) is 6.29 Å². The minimum atomic E-state index is -1.58. The number of benzene rings is 1. The molecule has 44 heavy (non-hydrogen) atoms. The van der Waals surface area contributed by atoms with Crippen LogP contribution in [0.1, 0.15) is 83.6 Å². The van der Waals surface area contributed by atoms with E-state index in [-0.39, 0.29) is 57.0 Å². The molecule has 1 aromatic carbocycles. The minimum Gasteiger partial charge on any atom is -0.504 e. The number of carbonyl (C=O) groups is 4. The maximum atomic E-state index is 13.6. The smallest absolute Gasteiger partial charge is 0.329 e. The van der Waals surface area contributed by atoms with Gasteiger partial charge < -0.3 is 33.9 Å². The summed E-state index contributed by atoms with van der Waals surface area (Å²) in [6.07, 6.45) is -0.298. The quantitative estimate of drug-likeness (QED) is 0.0481. The monoisotopic (exact) mass is 644 g/mol. The van der Waals surface area contributed by atoms with Gasteiger partial charge in [-0.1, -0.05) is 26.8 Å². The zero-order valence-corrected chi connectivity index (χ0v) is 26.5. The molecule has 0 bridgehead atoms. The Kier molecular flexibility index (Phi) is 15.1. The Balaban J connectivity index is 2.33. The number of aromatic hydroxyl groups is 2. The molecule has 2 rings (SSSR count). The van der Waals surface area contributed by atoms with Crippen molar-refractivity contribution < 1.29 is 53.1 Å². The fourth-order valence-electron chi connectivity index (χ4n) is 4.57. The van der Waals surface area contributed by atoms with Gasteiger partial charge in [0.15, 0.2) is 11.5 Å². The SMILES string of the molecule is CCCC(=O)OC[C@@H]1COC(OC(=O)[C@](C)(CC(Cl)c2ccc(O)c(O)c2)NN)[C@H](COC(=O)CCC)[C@H]1OC(=O)CCC. The zero-order chi connectivity index (χ0) is 32.9. The van der Waals surface area contributed by atoms with E-state index >= 15 is 0 Å². The predicted molar refractivity (Wildman–Crippen MR) is 158 cm³/mol. The van der Waals surface area contributed by atoms with Gasteiger partial charge in [-0.05, 0) is 50.3 Å². The molecule has 6 atom stereocenters. The second-order valence-electron chi connectivity index (χ2n) is 11.0. The van der Waals surface area contributed by atoms with Crippen molar-refractivity contribution in [1.29, 1.82) is 0 Å². The van der Waals surface area contributed by atoms with Crippen molar-refractivity contribution in [2.45, 2.75) is 96.0 Å². The minimum absolute atomic E-state index is 0.0987. The van der Waals surface area contributed by atoms with E-state index in [4.69, 9.17) is 41.1 Å². The Morgan fingerprint density at radius 2 is 1.57 bits per heavy atom. The van der Waals surface area contributed by atoms with Crippen LogP contribution in [0, 0.1) is 11.8 Å². The summed E-state index contributed by atoms with van der Waals surface area (Å²) in [5.41, 5.74) is 1.27. The summed E-state index contributed by atoms with van der Waals surface area (Å²) in [5, 5.41) is 18.6. The molecule has 0 amide bonds. The Labute approximate surface area is 262 Å². The highest BCUT2D eigenvalue weighted by Gasteiger charge is 2.48. The van der Waals surface area contributed by atoms with E-state index in [0.29, 0.717) is 24.8 Å². The molecule has 0 radical (unpaired) electrons. The average molecular weight is 645 g/mol. The van der Waals surface area contributed by atoms with Gasteiger partial charge in [-0.3, -0.25) is 20.2 Å². The third kappa shape index (κ3) is 10.8. The van der Waals surface area contributed by atoms with Gasteiger partial charge in [0, 0.05) is 19.3 Å².